The molecule has 1 heterocycles. The van der Waals surface area contributed by atoms with Crippen molar-refractivity contribution in [3.63, 3.8) is 0 Å². The number of benzene rings is 1. The van der Waals surface area contributed by atoms with Gasteiger partial charge in [0.05, 0.1) is 17.1 Å². The van der Waals surface area contributed by atoms with Gasteiger partial charge in [0.25, 0.3) is 0 Å². The number of amides is 1. The molecule has 0 fully saturated rings. The molecule has 0 saturated carbocycles. The van der Waals surface area contributed by atoms with Gasteiger partial charge in [-0.05, 0) is 24.6 Å². The summed E-state index contributed by atoms with van der Waals surface area (Å²) in [6, 6.07) is 3.95. The molecule has 1 aromatic heterocycles. The molecule has 108 valence electrons. The van der Waals surface area contributed by atoms with Crippen LogP contribution in [0.5, 0.6) is 0 Å². The average Bonchev–Trinajstić information content (AvgIpc) is 2.80. The zero-order valence-corrected chi connectivity index (χ0v) is 11.4. The van der Waals surface area contributed by atoms with Crippen LogP contribution in [-0.4, -0.2) is 28.5 Å². The number of hydrogen-bond acceptors (Lipinski definition) is 3. The van der Waals surface area contributed by atoms with Gasteiger partial charge >= 0.3 is 0 Å². The third kappa shape index (κ3) is 3.54. The molecule has 1 amide bonds. The molecule has 0 aliphatic rings. The lowest BCUT2D eigenvalue weighted by atomic mass is 10.1. The number of fused-ring (bicyclic) bond motifs is 1. The third-order valence-electron chi connectivity index (χ3n) is 3.09. The summed E-state index contributed by atoms with van der Waals surface area (Å²) >= 11 is 0. The summed E-state index contributed by atoms with van der Waals surface area (Å²) in [5.74, 6) is 0.274. The molecule has 4 N–H and O–H groups in total. The molecule has 1 aromatic carbocycles. The van der Waals surface area contributed by atoms with Crippen molar-refractivity contribution in [1.29, 1.82) is 0 Å². The summed E-state index contributed by atoms with van der Waals surface area (Å²) in [6.45, 7) is 2.44. The molecule has 0 spiro atoms. The molecule has 5 nitrogen and oxygen atoms in total. The Bertz CT molecular complexity index is 596. The second kappa shape index (κ2) is 6.47. The molecule has 0 saturated heterocycles. The van der Waals surface area contributed by atoms with Crippen LogP contribution in [0.1, 0.15) is 25.6 Å². The van der Waals surface area contributed by atoms with Crippen LogP contribution in [0.2, 0.25) is 0 Å². The molecule has 0 bridgehead atoms. The maximum atomic E-state index is 13.0. The number of halogens is 1. The van der Waals surface area contributed by atoms with Gasteiger partial charge in [-0.25, -0.2) is 9.37 Å². The van der Waals surface area contributed by atoms with Crippen LogP contribution in [0.3, 0.4) is 0 Å². The van der Waals surface area contributed by atoms with E-state index in [1.807, 2.05) is 6.92 Å². The zero-order chi connectivity index (χ0) is 14.5. The number of carbonyl (C=O) groups excluding carboxylic acids is 1. The number of imidazole rings is 1. The Morgan fingerprint density at radius 3 is 3.10 bits per heavy atom. The zero-order valence-electron chi connectivity index (χ0n) is 11.4. The number of rotatable bonds is 6. The number of aromatic nitrogens is 2. The first-order valence-electron chi connectivity index (χ1n) is 6.77. The Hall–Kier alpha value is -1.95. The Balaban J connectivity index is 1.88. The molecular weight excluding hydrogens is 259 g/mol. The van der Waals surface area contributed by atoms with Crippen molar-refractivity contribution >= 4 is 16.9 Å². The second-order valence-corrected chi connectivity index (χ2v) is 4.78. The molecule has 1 atom stereocenters. The van der Waals surface area contributed by atoms with E-state index in [0.29, 0.717) is 24.9 Å². The Kier molecular flexibility index (Phi) is 4.68. The van der Waals surface area contributed by atoms with Crippen molar-refractivity contribution in [2.45, 2.75) is 32.2 Å². The van der Waals surface area contributed by atoms with Gasteiger partial charge in [0.2, 0.25) is 5.91 Å². The molecule has 0 radical (unpaired) electrons. The number of aromatic amines is 1. The molecular formula is C14H19FN4O. The fourth-order valence-electron chi connectivity index (χ4n) is 2.03. The van der Waals surface area contributed by atoms with Crippen LogP contribution in [0.4, 0.5) is 4.39 Å². The van der Waals surface area contributed by atoms with Crippen molar-refractivity contribution in [1.82, 2.24) is 15.3 Å². The van der Waals surface area contributed by atoms with E-state index < -0.39 is 6.04 Å². The van der Waals surface area contributed by atoms with Crippen molar-refractivity contribution in [3.8, 4) is 0 Å². The lowest BCUT2D eigenvalue weighted by Gasteiger charge is -2.10. The fourth-order valence-corrected chi connectivity index (χ4v) is 2.03. The summed E-state index contributed by atoms with van der Waals surface area (Å²) in [5, 5.41) is 2.77. The summed E-state index contributed by atoms with van der Waals surface area (Å²) in [7, 11) is 0. The van der Waals surface area contributed by atoms with E-state index in [-0.39, 0.29) is 11.7 Å². The summed E-state index contributed by atoms with van der Waals surface area (Å²) in [4.78, 5) is 19.0. The summed E-state index contributed by atoms with van der Waals surface area (Å²) in [5.41, 5.74) is 7.09. The largest absolute Gasteiger partial charge is 0.354 e. The number of nitrogens with zero attached hydrogens (tertiary/aromatic N) is 1. The number of nitrogens with two attached hydrogens (primary N) is 1. The fraction of sp³-hybridized carbons (Fsp3) is 0.429. The lowest BCUT2D eigenvalue weighted by molar-refractivity contribution is -0.122. The topological polar surface area (TPSA) is 83.8 Å². The SMILES string of the molecule is CCCC(N)C(=O)NCCc1nc2ccc(F)cc2[nH]1. The Morgan fingerprint density at radius 2 is 2.35 bits per heavy atom. The van der Waals surface area contributed by atoms with E-state index in [2.05, 4.69) is 15.3 Å². The highest BCUT2D eigenvalue weighted by atomic mass is 19.1. The van der Waals surface area contributed by atoms with Gasteiger partial charge in [-0.1, -0.05) is 13.3 Å². The molecule has 0 aliphatic carbocycles. The van der Waals surface area contributed by atoms with Gasteiger partial charge in [0, 0.05) is 13.0 Å². The van der Waals surface area contributed by atoms with Gasteiger partial charge in [-0.3, -0.25) is 4.79 Å². The van der Waals surface area contributed by atoms with Gasteiger partial charge in [-0.15, -0.1) is 0 Å². The third-order valence-corrected chi connectivity index (χ3v) is 3.09. The van der Waals surface area contributed by atoms with E-state index in [1.165, 1.54) is 12.1 Å². The Morgan fingerprint density at radius 1 is 1.55 bits per heavy atom. The maximum Gasteiger partial charge on any atom is 0.236 e. The smallest absolute Gasteiger partial charge is 0.236 e. The second-order valence-electron chi connectivity index (χ2n) is 4.78. The van der Waals surface area contributed by atoms with Gasteiger partial charge in [0.15, 0.2) is 0 Å². The first-order valence-corrected chi connectivity index (χ1v) is 6.77. The minimum Gasteiger partial charge on any atom is -0.354 e. The first kappa shape index (κ1) is 14.5. The molecule has 6 heteroatoms. The minimum absolute atomic E-state index is 0.144. The van der Waals surface area contributed by atoms with Crippen molar-refractivity contribution in [3.05, 3.63) is 29.8 Å². The van der Waals surface area contributed by atoms with Crippen LogP contribution < -0.4 is 11.1 Å². The van der Waals surface area contributed by atoms with Crippen molar-refractivity contribution < 1.29 is 9.18 Å². The summed E-state index contributed by atoms with van der Waals surface area (Å²) in [6.07, 6.45) is 2.11. The highest BCUT2D eigenvalue weighted by molar-refractivity contribution is 5.81. The predicted octanol–water partition coefficient (Wildman–Crippen LogP) is 1.49. The average molecular weight is 278 g/mol. The van der Waals surface area contributed by atoms with Crippen molar-refractivity contribution in [2.75, 3.05) is 6.54 Å². The molecule has 0 aliphatic heterocycles. The Labute approximate surface area is 116 Å². The van der Waals surface area contributed by atoms with Gasteiger partial charge in [0.1, 0.15) is 11.6 Å². The van der Waals surface area contributed by atoms with E-state index in [9.17, 15) is 9.18 Å². The number of nitrogens with one attached hydrogen (secondary N) is 2. The first-order chi connectivity index (χ1) is 9.60. The van der Waals surface area contributed by atoms with E-state index >= 15 is 0 Å². The number of hydrogen-bond donors (Lipinski definition) is 3. The van der Waals surface area contributed by atoms with Crippen LogP contribution in [0, 0.1) is 5.82 Å². The highest BCUT2D eigenvalue weighted by Gasteiger charge is 2.11. The van der Waals surface area contributed by atoms with E-state index in [0.717, 1.165) is 17.8 Å². The predicted molar refractivity (Wildman–Crippen MR) is 75.6 cm³/mol. The standard InChI is InChI=1S/C14H19FN4O/c1-2-3-10(16)14(20)17-7-6-13-18-11-5-4-9(15)8-12(11)19-13/h4-5,8,10H,2-3,6-7,16H2,1H3,(H,17,20)(H,18,19). The van der Waals surface area contributed by atoms with E-state index in [4.69, 9.17) is 5.73 Å². The number of H-pyrrole nitrogens is 1. The van der Waals surface area contributed by atoms with Crippen LogP contribution in [0.25, 0.3) is 11.0 Å². The van der Waals surface area contributed by atoms with Crippen LogP contribution in [0.15, 0.2) is 18.2 Å². The highest BCUT2D eigenvalue weighted by Crippen LogP contribution is 2.12. The molecule has 2 aromatic rings. The number of carbonyl (C=O) groups is 1. The maximum absolute atomic E-state index is 13.0. The monoisotopic (exact) mass is 278 g/mol. The van der Waals surface area contributed by atoms with Crippen LogP contribution in [-0.2, 0) is 11.2 Å². The van der Waals surface area contributed by atoms with Crippen LogP contribution >= 0.6 is 0 Å². The molecule has 2 rings (SSSR count). The molecule has 1 unspecified atom stereocenters. The molecule has 20 heavy (non-hydrogen) atoms. The van der Waals surface area contributed by atoms with Gasteiger partial charge in [-0.2, -0.15) is 0 Å². The van der Waals surface area contributed by atoms with Gasteiger partial charge < -0.3 is 16.0 Å². The van der Waals surface area contributed by atoms with E-state index in [1.54, 1.807) is 6.07 Å². The lowest BCUT2D eigenvalue weighted by Crippen LogP contribution is -2.41. The van der Waals surface area contributed by atoms with Crippen molar-refractivity contribution in [2.24, 2.45) is 5.73 Å². The quantitative estimate of drug-likeness (QED) is 0.748. The summed E-state index contributed by atoms with van der Waals surface area (Å²) < 4.78 is 13.0. The normalized spacial score (nSPS) is 12.6. The minimum atomic E-state index is -0.454.